The first kappa shape index (κ1) is 12.8. The van der Waals surface area contributed by atoms with E-state index in [0.717, 1.165) is 19.8 Å². The molecule has 0 saturated heterocycles. The Morgan fingerprint density at radius 1 is 1.29 bits per heavy atom. The van der Waals surface area contributed by atoms with Crippen LogP contribution in [0.15, 0.2) is 28.7 Å². The molecule has 0 N–H and O–H groups in total. The topological polar surface area (TPSA) is 17.1 Å². The summed E-state index contributed by atoms with van der Waals surface area (Å²) in [6, 6.07) is 7.25. The van der Waals surface area contributed by atoms with Crippen molar-refractivity contribution in [3.63, 3.8) is 0 Å². The predicted octanol–water partition coefficient (Wildman–Crippen LogP) is 5.01. The fraction of sp³-hybridized carbons (Fsp3) is 0.154. The maximum absolute atomic E-state index is 12.3. The van der Waals surface area contributed by atoms with Crippen LogP contribution < -0.4 is 0 Å². The van der Waals surface area contributed by atoms with E-state index in [0.29, 0.717) is 10.6 Å². The van der Waals surface area contributed by atoms with Gasteiger partial charge in [0.15, 0.2) is 0 Å². The van der Waals surface area contributed by atoms with Crippen LogP contribution in [0.5, 0.6) is 0 Å². The molecule has 1 aromatic heterocycles. The zero-order valence-electron chi connectivity index (χ0n) is 9.38. The largest absolute Gasteiger partial charge is 0.288 e. The molecule has 0 saturated carbocycles. The average Bonchev–Trinajstić information content (AvgIpc) is 2.57. The van der Waals surface area contributed by atoms with Gasteiger partial charge < -0.3 is 0 Å². The summed E-state index contributed by atoms with van der Waals surface area (Å²) in [6.45, 7) is 3.96. The molecule has 1 aromatic carbocycles. The van der Waals surface area contributed by atoms with Crippen molar-refractivity contribution in [2.75, 3.05) is 0 Å². The number of hydrogen-bond donors (Lipinski definition) is 0. The van der Waals surface area contributed by atoms with Crippen molar-refractivity contribution >= 4 is 44.7 Å². The first-order chi connectivity index (χ1) is 7.99. The highest BCUT2D eigenvalue weighted by atomic mass is 79.9. The summed E-state index contributed by atoms with van der Waals surface area (Å²) in [7, 11) is 0. The van der Waals surface area contributed by atoms with Gasteiger partial charge in [-0.3, -0.25) is 4.79 Å². The van der Waals surface area contributed by atoms with E-state index in [1.165, 1.54) is 11.3 Å². The average molecular weight is 330 g/mol. The van der Waals surface area contributed by atoms with Gasteiger partial charge in [-0.05, 0) is 59.6 Å². The molecule has 0 aliphatic carbocycles. The van der Waals surface area contributed by atoms with Crippen LogP contribution in [0.4, 0.5) is 0 Å². The number of aryl methyl sites for hydroxylation is 2. The van der Waals surface area contributed by atoms with Gasteiger partial charge in [0.25, 0.3) is 0 Å². The molecule has 0 aliphatic rings. The minimum absolute atomic E-state index is 0.0455. The molecule has 2 aromatic rings. The highest BCUT2D eigenvalue weighted by Gasteiger charge is 2.17. The molecule has 0 unspecified atom stereocenters. The Balaban J connectivity index is 2.47. The highest BCUT2D eigenvalue weighted by molar-refractivity contribution is 9.10. The van der Waals surface area contributed by atoms with Gasteiger partial charge in [0.1, 0.15) is 0 Å². The second-order valence-corrected chi connectivity index (χ2v) is 6.37. The van der Waals surface area contributed by atoms with Crippen LogP contribution in [0, 0.1) is 13.8 Å². The van der Waals surface area contributed by atoms with Gasteiger partial charge in [-0.15, -0.1) is 11.3 Å². The van der Waals surface area contributed by atoms with Crippen molar-refractivity contribution in [1.82, 2.24) is 0 Å². The second kappa shape index (κ2) is 4.92. The molecule has 2 rings (SSSR count). The number of rotatable bonds is 2. The molecule has 0 fully saturated rings. The molecule has 0 atom stereocenters. The Kier molecular flexibility index (Phi) is 3.71. The third-order valence-corrected chi connectivity index (χ3v) is 4.47. The number of ketones is 1. The van der Waals surface area contributed by atoms with E-state index in [9.17, 15) is 4.79 Å². The molecule has 17 heavy (non-hydrogen) atoms. The maximum Gasteiger partial charge on any atom is 0.204 e. The van der Waals surface area contributed by atoms with Crippen molar-refractivity contribution < 1.29 is 4.79 Å². The number of thiophene rings is 1. The summed E-state index contributed by atoms with van der Waals surface area (Å²) >= 11 is 10.8. The Hall–Kier alpha value is -0.640. The van der Waals surface area contributed by atoms with Crippen LogP contribution in [-0.4, -0.2) is 5.78 Å². The van der Waals surface area contributed by atoms with Gasteiger partial charge >= 0.3 is 0 Å². The van der Waals surface area contributed by atoms with E-state index in [4.69, 9.17) is 11.6 Å². The van der Waals surface area contributed by atoms with Gasteiger partial charge in [0.05, 0.1) is 4.88 Å². The smallest absolute Gasteiger partial charge is 0.204 e. The SMILES string of the molecule is Cc1cc(C)c(C(=O)c2ccc(Cl)cc2Br)s1. The van der Waals surface area contributed by atoms with Crippen LogP contribution in [0.2, 0.25) is 5.02 Å². The molecule has 4 heteroatoms. The van der Waals surface area contributed by atoms with Gasteiger partial charge in [0, 0.05) is 19.9 Å². The lowest BCUT2D eigenvalue weighted by atomic mass is 10.1. The molecule has 0 amide bonds. The number of carbonyl (C=O) groups is 1. The van der Waals surface area contributed by atoms with Gasteiger partial charge in [-0.25, -0.2) is 0 Å². The highest BCUT2D eigenvalue weighted by Crippen LogP contribution is 2.28. The van der Waals surface area contributed by atoms with Gasteiger partial charge in [-0.2, -0.15) is 0 Å². The second-order valence-electron chi connectivity index (χ2n) is 3.82. The molecule has 0 spiro atoms. The maximum atomic E-state index is 12.3. The lowest BCUT2D eigenvalue weighted by Gasteiger charge is -2.03. The fourth-order valence-corrected chi connectivity index (χ4v) is 3.51. The van der Waals surface area contributed by atoms with E-state index in [1.807, 2.05) is 19.9 Å². The Bertz CT molecular complexity index is 589. The Morgan fingerprint density at radius 3 is 2.53 bits per heavy atom. The van der Waals surface area contributed by atoms with Gasteiger partial charge in [0.2, 0.25) is 5.78 Å². The van der Waals surface area contributed by atoms with Crippen LogP contribution in [-0.2, 0) is 0 Å². The monoisotopic (exact) mass is 328 g/mol. The van der Waals surface area contributed by atoms with Crippen molar-refractivity contribution in [1.29, 1.82) is 0 Å². The lowest BCUT2D eigenvalue weighted by molar-refractivity contribution is 0.104. The molecule has 0 aliphatic heterocycles. The van der Waals surface area contributed by atoms with Crippen LogP contribution in [0.25, 0.3) is 0 Å². The first-order valence-corrected chi connectivity index (χ1v) is 7.04. The predicted molar refractivity (Wildman–Crippen MR) is 76.4 cm³/mol. The number of carbonyl (C=O) groups excluding carboxylic acids is 1. The van der Waals surface area contributed by atoms with Gasteiger partial charge in [-0.1, -0.05) is 11.6 Å². The summed E-state index contributed by atoms with van der Waals surface area (Å²) in [6.07, 6.45) is 0. The van der Waals surface area contributed by atoms with E-state index >= 15 is 0 Å². The zero-order chi connectivity index (χ0) is 12.6. The van der Waals surface area contributed by atoms with Crippen molar-refractivity contribution in [3.8, 4) is 0 Å². The number of halogens is 2. The first-order valence-electron chi connectivity index (χ1n) is 5.06. The minimum atomic E-state index is 0.0455. The molecule has 1 heterocycles. The minimum Gasteiger partial charge on any atom is -0.288 e. The standard InChI is InChI=1S/C13H10BrClOS/c1-7-5-8(2)17-13(7)12(16)10-4-3-9(15)6-11(10)14/h3-6H,1-2H3. The van der Waals surface area contributed by atoms with Crippen molar-refractivity contribution in [3.05, 3.63) is 54.6 Å². The van der Waals surface area contributed by atoms with E-state index in [-0.39, 0.29) is 5.78 Å². The molecule has 0 radical (unpaired) electrons. The molecule has 0 bridgehead atoms. The number of benzene rings is 1. The van der Waals surface area contributed by atoms with E-state index in [2.05, 4.69) is 15.9 Å². The van der Waals surface area contributed by atoms with E-state index < -0.39 is 0 Å². The van der Waals surface area contributed by atoms with E-state index in [1.54, 1.807) is 18.2 Å². The van der Waals surface area contributed by atoms with Crippen LogP contribution in [0.3, 0.4) is 0 Å². The lowest BCUT2D eigenvalue weighted by Crippen LogP contribution is -2.01. The molecule has 1 nitrogen and oxygen atoms in total. The summed E-state index contributed by atoms with van der Waals surface area (Å²) in [4.78, 5) is 14.3. The quantitative estimate of drug-likeness (QED) is 0.708. The van der Waals surface area contributed by atoms with Crippen molar-refractivity contribution in [2.45, 2.75) is 13.8 Å². The Morgan fingerprint density at radius 2 is 2.00 bits per heavy atom. The number of hydrogen-bond acceptors (Lipinski definition) is 2. The summed E-state index contributed by atoms with van der Waals surface area (Å²) in [5.74, 6) is 0.0455. The summed E-state index contributed by atoms with van der Waals surface area (Å²) < 4.78 is 0.737. The summed E-state index contributed by atoms with van der Waals surface area (Å²) in [5, 5.41) is 0.618. The van der Waals surface area contributed by atoms with Crippen LogP contribution in [0.1, 0.15) is 25.7 Å². The normalized spacial score (nSPS) is 10.6. The Labute approximate surface area is 118 Å². The summed E-state index contributed by atoms with van der Waals surface area (Å²) in [5.41, 5.74) is 1.68. The van der Waals surface area contributed by atoms with Crippen molar-refractivity contribution in [2.24, 2.45) is 0 Å². The third kappa shape index (κ3) is 2.62. The zero-order valence-corrected chi connectivity index (χ0v) is 12.5. The third-order valence-electron chi connectivity index (χ3n) is 2.42. The molecular weight excluding hydrogens is 320 g/mol. The molecular formula is C13H10BrClOS. The fourth-order valence-electron chi connectivity index (χ4n) is 1.66. The molecule has 88 valence electrons. The van der Waals surface area contributed by atoms with Crippen LogP contribution >= 0.6 is 38.9 Å².